The number of benzene rings is 3. The van der Waals surface area contributed by atoms with Crippen LogP contribution in [0.1, 0.15) is 30.1 Å². The van der Waals surface area contributed by atoms with Crippen LogP contribution in [0.25, 0.3) is 0 Å². The van der Waals surface area contributed by atoms with Crippen molar-refractivity contribution in [2.24, 2.45) is 11.8 Å². The molecule has 7 rings (SSSR count). The van der Waals surface area contributed by atoms with Crippen LogP contribution in [0.2, 0.25) is 0 Å². The molecule has 3 amide bonds. The molecule has 11 heteroatoms. The molecule has 3 aromatic rings. The van der Waals surface area contributed by atoms with E-state index in [2.05, 4.69) is 5.32 Å². The molecule has 0 unspecified atom stereocenters. The van der Waals surface area contributed by atoms with Crippen LogP contribution in [-0.4, -0.2) is 84.3 Å². The van der Waals surface area contributed by atoms with Gasteiger partial charge in [0.15, 0.2) is 0 Å². The fourth-order valence-electron chi connectivity index (χ4n) is 7.87. The fourth-order valence-corrected chi connectivity index (χ4v) is 7.87. The Balaban J connectivity index is 1.33. The minimum atomic E-state index is -1.56. The number of likely N-dealkylation sites (tertiary alicyclic amines) is 1. The van der Waals surface area contributed by atoms with E-state index in [9.17, 15) is 19.5 Å². The van der Waals surface area contributed by atoms with E-state index in [4.69, 9.17) is 14.2 Å². The lowest BCUT2D eigenvalue weighted by molar-refractivity contribution is -0.160. The van der Waals surface area contributed by atoms with Gasteiger partial charge in [0, 0.05) is 18.7 Å². The van der Waals surface area contributed by atoms with Crippen LogP contribution in [0.5, 0.6) is 5.75 Å². The molecule has 4 aliphatic rings. The third-order valence-corrected chi connectivity index (χ3v) is 10.3. The van der Waals surface area contributed by atoms with E-state index < -0.39 is 66.1 Å². The summed E-state index contributed by atoms with van der Waals surface area (Å²) in [5, 5.41) is 13.7. The van der Waals surface area contributed by atoms with E-state index in [1.54, 1.807) is 60.6 Å². The number of aliphatic hydroxyl groups excluding tert-OH is 1. The van der Waals surface area contributed by atoms with Crippen molar-refractivity contribution in [2.75, 3.05) is 31.7 Å². The first kappa shape index (κ1) is 34.2. The molecule has 0 saturated carbocycles. The van der Waals surface area contributed by atoms with Crippen molar-refractivity contribution in [2.45, 2.75) is 49.2 Å². The maximum absolute atomic E-state index is 15.0. The molecule has 2 N–H and O–H groups in total. The Morgan fingerprint density at radius 1 is 0.941 bits per heavy atom. The van der Waals surface area contributed by atoms with E-state index in [1.807, 2.05) is 60.7 Å². The number of cyclic esters (lactones) is 1. The summed E-state index contributed by atoms with van der Waals surface area (Å²) in [6.45, 7) is -0.189. The predicted molar refractivity (Wildman–Crippen MR) is 187 cm³/mol. The Morgan fingerprint density at radius 3 is 2.37 bits per heavy atom. The SMILES string of the molecule is COc1ccc(N2CC=C[C@]34O[C@@H]5/C=C\CCC(=O)NC[C@@H](c6ccccc6)OC(=O)[C@@H]5[C@H]3C(=O)N([C@@H](CO)Cc3ccccc3)[C@@H]4C2=O)cc1. The second-order valence-corrected chi connectivity index (χ2v) is 13.3. The average Bonchev–Trinajstić information content (AvgIpc) is 3.55. The highest BCUT2D eigenvalue weighted by Gasteiger charge is 2.72. The van der Waals surface area contributed by atoms with Crippen molar-refractivity contribution >= 4 is 29.4 Å². The third-order valence-electron chi connectivity index (χ3n) is 10.3. The lowest BCUT2D eigenvalue weighted by Gasteiger charge is -2.38. The molecule has 7 atom stereocenters. The number of fused-ring (bicyclic) bond motifs is 2. The molecular weight excluding hydrogens is 650 g/mol. The van der Waals surface area contributed by atoms with Gasteiger partial charge in [0.2, 0.25) is 11.8 Å². The number of rotatable bonds is 7. The number of aliphatic hydroxyl groups is 1. The predicted octanol–water partition coefficient (Wildman–Crippen LogP) is 3.53. The zero-order chi connectivity index (χ0) is 35.5. The number of methoxy groups -OCH3 is 1. The third kappa shape index (κ3) is 6.43. The Kier molecular flexibility index (Phi) is 9.75. The minimum Gasteiger partial charge on any atom is -0.497 e. The number of esters is 1. The van der Waals surface area contributed by atoms with E-state index in [0.29, 0.717) is 23.4 Å². The molecule has 0 radical (unpaired) electrons. The maximum atomic E-state index is 15.0. The first-order chi connectivity index (χ1) is 24.8. The molecule has 4 aliphatic heterocycles. The highest BCUT2D eigenvalue weighted by Crippen LogP contribution is 2.54. The Morgan fingerprint density at radius 2 is 1.67 bits per heavy atom. The maximum Gasteiger partial charge on any atom is 0.313 e. The van der Waals surface area contributed by atoms with Crippen LogP contribution >= 0.6 is 0 Å². The van der Waals surface area contributed by atoms with Gasteiger partial charge in [-0.15, -0.1) is 0 Å². The van der Waals surface area contributed by atoms with E-state index >= 15 is 4.79 Å². The monoisotopic (exact) mass is 691 g/mol. The van der Waals surface area contributed by atoms with Crippen molar-refractivity contribution < 1.29 is 38.5 Å². The number of nitrogens with zero attached hydrogens (tertiary/aromatic N) is 2. The summed E-state index contributed by atoms with van der Waals surface area (Å²) in [6, 6.07) is 23.6. The number of ether oxygens (including phenoxy) is 3. The summed E-state index contributed by atoms with van der Waals surface area (Å²) < 4.78 is 18.4. The van der Waals surface area contributed by atoms with Crippen molar-refractivity contribution in [3.8, 4) is 5.75 Å². The lowest BCUT2D eigenvalue weighted by atomic mass is 9.77. The number of hydrogen-bond donors (Lipinski definition) is 2. The number of allylic oxidation sites excluding steroid dienone is 1. The van der Waals surface area contributed by atoms with Crippen LogP contribution in [0, 0.1) is 11.8 Å². The van der Waals surface area contributed by atoms with Crippen molar-refractivity contribution in [1.29, 1.82) is 0 Å². The number of nitrogens with one attached hydrogen (secondary N) is 1. The number of carbonyl (C=O) groups is 4. The van der Waals surface area contributed by atoms with Gasteiger partial charge in [-0.2, -0.15) is 0 Å². The quantitative estimate of drug-likeness (QED) is 0.284. The van der Waals surface area contributed by atoms with Gasteiger partial charge in [0.25, 0.3) is 5.91 Å². The van der Waals surface area contributed by atoms with Gasteiger partial charge in [-0.1, -0.05) is 85.0 Å². The van der Waals surface area contributed by atoms with Crippen LogP contribution in [0.3, 0.4) is 0 Å². The molecule has 11 nitrogen and oxygen atoms in total. The molecule has 51 heavy (non-hydrogen) atoms. The van der Waals surface area contributed by atoms with E-state index in [1.165, 1.54) is 4.90 Å². The normalized spacial score (nSPS) is 29.0. The highest BCUT2D eigenvalue weighted by molar-refractivity contribution is 6.05. The summed E-state index contributed by atoms with van der Waals surface area (Å²) in [5.74, 6) is -3.38. The number of amides is 3. The molecule has 3 aromatic carbocycles. The van der Waals surface area contributed by atoms with Gasteiger partial charge in [-0.25, -0.2) is 0 Å². The number of carbonyl (C=O) groups excluding carboxylic acids is 4. The smallest absolute Gasteiger partial charge is 0.313 e. The minimum absolute atomic E-state index is 0.0495. The number of anilines is 1. The van der Waals surface area contributed by atoms with Gasteiger partial charge in [-0.3, -0.25) is 19.2 Å². The van der Waals surface area contributed by atoms with Crippen molar-refractivity contribution in [3.05, 3.63) is 120 Å². The van der Waals surface area contributed by atoms with Crippen LogP contribution in [-0.2, 0) is 35.1 Å². The van der Waals surface area contributed by atoms with Gasteiger partial charge >= 0.3 is 5.97 Å². The topological polar surface area (TPSA) is 135 Å². The van der Waals surface area contributed by atoms with E-state index in [0.717, 1.165) is 5.56 Å². The highest BCUT2D eigenvalue weighted by atomic mass is 16.6. The number of hydrogen-bond acceptors (Lipinski definition) is 8. The molecule has 2 fully saturated rings. The second-order valence-electron chi connectivity index (χ2n) is 13.3. The fraction of sp³-hybridized carbons (Fsp3) is 0.350. The van der Waals surface area contributed by atoms with Gasteiger partial charge < -0.3 is 34.4 Å². The average molecular weight is 692 g/mol. The van der Waals surface area contributed by atoms with Gasteiger partial charge in [0.1, 0.15) is 29.4 Å². The summed E-state index contributed by atoms with van der Waals surface area (Å²) in [7, 11) is 1.56. The molecule has 0 aromatic heterocycles. The summed E-state index contributed by atoms with van der Waals surface area (Å²) in [6.07, 6.45) is 6.14. The van der Waals surface area contributed by atoms with Crippen LogP contribution < -0.4 is 15.0 Å². The zero-order valence-electron chi connectivity index (χ0n) is 28.3. The molecular formula is C40H41N3O8. The molecule has 1 spiro atoms. The second kappa shape index (κ2) is 14.5. The van der Waals surface area contributed by atoms with Crippen molar-refractivity contribution in [3.63, 3.8) is 0 Å². The van der Waals surface area contributed by atoms with E-state index in [-0.39, 0.29) is 31.8 Å². The van der Waals surface area contributed by atoms with Crippen LogP contribution in [0.4, 0.5) is 5.69 Å². The summed E-state index contributed by atoms with van der Waals surface area (Å²) in [5.41, 5.74) is 0.589. The first-order valence-electron chi connectivity index (χ1n) is 17.3. The summed E-state index contributed by atoms with van der Waals surface area (Å²) in [4.78, 5) is 60.1. The molecule has 0 aliphatic carbocycles. The Labute approximate surface area is 296 Å². The Hall–Kier alpha value is -5.26. The summed E-state index contributed by atoms with van der Waals surface area (Å²) >= 11 is 0. The van der Waals surface area contributed by atoms with Crippen molar-refractivity contribution in [1.82, 2.24) is 10.2 Å². The van der Waals surface area contributed by atoms with Gasteiger partial charge in [0.05, 0.1) is 38.3 Å². The first-order valence-corrected chi connectivity index (χ1v) is 17.3. The standard InChI is InChI=1S/C40H41N3O8/c1-49-30-19-17-28(18-20-30)42-22-10-21-40-35(37(46)43(36(40)38(42)47)29(25-44)23-26-11-4-2-5-12-26)34-31(51-40)15-8-9-16-33(45)41-24-32(50-39(34)48)27-13-6-3-7-14-27/h2-8,10-15,17-21,29,31-32,34-36,44H,9,16,22-25H2,1H3,(H,41,45)/b15-8-/t29-,31-,32+,34+,35+,36-,40+/m1/s1. The zero-order valence-corrected chi connectivity index (χ0v) is 28.3. The molecule has 2 saturated heterocycles. The molecule has 4 heterocycles. The van der Waals surface area contributed by atoms with Crippen LogP contribution in [0.15, 0.2) is 109 Å². The largest absolute Gasteiger partial charge is 0.497 e. The van der Waals surface area contributed by atoms with Gasteiger partial charge in [-0.05, 0) is 48.2 Å². The molecule has 264 valence electrons. The molecule has 0 bridgehead atoms. The Bertz CT molecular complexity index is 1810. The lowest BCUT2D eigenvalue weighted by Crippen LogP contribution is -2.58.